The topological polar surface area (TPSA) is 43.8 Å². The molecule has 1 aromatic heterocycles. The zero-order valence-electron chi connectivity index (χ0n) is 9.37. The molecule has 0 spiro atoms. The first kappa shape index (κ1) is 10.7. The predicted octanol–water partition coefficient (Wildman–Crippen LogP) is 2.27. The Hall–Kier alpha value is -1.84. The highest BCUT2D eigenvalue weighted by Crippen LogP contribution is 2.14. The maximum absolute atomic E-state index is 13.6. The van der Waals surface area contributed by atoms with Crippen LogP contribution in [0, 0.1) is 19.7 Å². The SMILES string of the molecule is Cc1cc(C)n(Cc2ccc(N)cc2F)n1. The molecule has 16 heavy (non-hydrogen) atoms. The fraction of sp³-hybridized carbons (Fsp3) is 0.250. The second kappa shape index (κ2) is 3.96. The van der Waals surface area contributed by atoms with Crippen molar-refractivity contribution in [3.05, 3.63) is 47.0 Å². The molecule has 2 aromatic rings. The van der Waals surface area contributed by atoms with Crippen molar-refractivity contribution in [2.24, 2.45) is 0 Å². The van der Waals surface area contributed by atoms with Gasteiger partial charge < -0.3 is 5.73 Å². The Morgan fingerprint density at radius 1 is 1.31 bits per heavy atom. The van der Waals surface area contributed by atoms with Gasteiger partial charge in [-0.15, -0.1) is 0 Å². The third kappa shape index (κ3) is 2.05. The highest BCUT2D eigenvalue weighted by Gasteiger charge is 2.06. The zero-order valence-corrected chi connectivity index (χ0v) is 9.37. The average molecular weight is 219 g/mol. The predicted molar refractivity (Wildman–Crippen MR) is 61.6 cm³/mol. The molecule has 0 aliphatic rings. The van der Waals surface area contributed by atoms with Gasteiger partial charge >= 0.3 is 0 Å². The molecule has 3 nitrogen and oxygen atoms in total. The maximum atomic E-state index is 13.6. The van der Waals surface area contributed by atoms with Crippen molar-refractivity contribution in [2.45, 2.75) is 20.4 Å². The van der Waals surface area contributed by atoms with Crippen LogP contribution in [0.25, 0.3) is 0 Å². The Morgan fingerprint density at radius 3 is 2.62 bits per heavy atom. The summed E-state index contributed by atoms with van der Waals surface area (Å²) in [5.41, 5.74) is 8.49. The summed E-state index contributed by atoms with van der Waals surface area (Å²) < 4.78 is 15.3. The smallest absolute Gasteiger partial charge is 0.130 e. The van der Waals surface area contributed by atoms with Gasteiger partial charge in [0.1, 0.15) is 5.82 Å². The number of rotatable bonds is 2. The van der Waals surface area contributed by atoms with E-state index in [1.165, 1.54) is 6.07 Å². The highest BCUT2D eigenvalue weighted by molar-refractivity contribution is 5.40. The molecule has 0 saturated heterocycles. The summed E-state index contributed by atoms with van der Waals surface area (Å²) in [6, 6.07) is 6.70. The van der Waals surface area contributed by atoms with Gasteiger partial charge in [-0.2, -0.15) is 5.10 Å². The lowest BCUT2D eigenvalue weighted by molar-refractivity contribution is 0.579. The Kier molecular flexibility index (Phi) is 2.64. The summed E-state index contributed by atoms with van der Waals surface area (Å²) in [5, 5.41) is 4.29. The fourth-order valence-electron chi connectivity index (χ4n) is 1.69. The summed E-state index contributed by atoms with van der Waals surface area (Å²) in [6.07, 6.45) is 0. The van der Waals surface area contributed by atoms with Gasteiger partial charge in [-0.25, -0.2) is 4.39 Å². The number of anilines is 1. The molecule has 2 N–H and O–H groups in total. The molecular weight excluding hydrogens is 205 g/mol. The summed E-state index contributed by atoms with van der Waals surface area (Å²) in [5.74, 6) is -0.285. The van der Waals surface area contributed by atoms with Crippen LogP contribution in [0.4, 0.5) is 10.1 Å². The van der Waals surface area contributed by atoms with E-state index < -0.39 is 0 Å². The van der Waals surface area contributed by atoms with Crippen molar-refractivity contribution in [3.8, 4) is 0 Å². The van der Waals surface area contributed by atoms with E-state index in [2.05, 4.69) is 5.10 Å². The molecule has 0 bridgehead atoms. The van der Waals surface area contributed by atoms with Crippen molar-refractivity contribution in [1.29, 1.82) is 0 Å². The van der Waals surface area contributed by atoms with Gasteiger partial charge in [0, 0.05) is 16.9 Å². The van der Waals surface area contributed by atoms with Gasteiger partial charge in [0.25, 0.3) is 0 Å². The van der Waals surface area contributed by atoms with Crippen LogP contribution in [0.2, 0.25) is 0 Å². The summed E-state index contributed by atoms with van der Waals surface area (Å²) in [4.78, 5) is 0. The molecule has 0 amide bonds. The van der Waals surface area contributed by atoms with Crippen LogP contribution >= 0.6 is 0 Å². The van der Waals surface area contributed by atoms with Gasteiger partial charge in [0.15, 0.2) is 0 Å². The molecule has 1 heterocycles. The maximum Gasteiger partial charge on any atom is 0.130 e. The fourth-order valence-corrected chi connectivity index (χ4v) is 1.69. The third-order valence-electron chi connectivity index (χ3n) is 2.50. The molecule has 84 valence electrons. The van der Waals surface area contributed by atoms with Crippen LogP contribution in [-0.2, 0) is 6.54 Å². The zero-order chi connectivity index (χ0) is 11.7. The van der Waals surface area contributed by atoms with Gasteiger partial charge in [-0.05, 0) is 32.0 Å². The Balaban J connectivity index is 2.30. The van der Waals surface area contributed by atoms with E-state index in [0.29, 0.717) is 17.8 Å². The summed E-state index contributed by atoms with van der Waals surface area (Å²) in [7, 11) is 0. The lowest BCUT2D eigenvalue weighted by Crippen LogP contribution is -2.06. The highest BCUT2D eigenvalue weighted by atomic mass is 19.1. The molecule has 4 heteroatoms. The summed E-state index contributed by atoms with van der Waals surface area (Å²) in [6.45, 7) is 4.31. The molecule has 1 aromatic carbocycles. The van der Waals surface area contributed by atoms with Crippen LogP contribution in [0.15, 0.2) is 24.3 Å². The van der Waals surface area contributed by atoms with E-state index in [1.807, 2.05) is 19.9 Å². The van der Waals surface area contributed by atoms with Gasteiger partial charge in [0.05, 0.1) is 12.2 Å². The average Bonchev–Trinajstić information content (AvgIpc) is 2.50. The lowest BCUT2D eigenvalue weighted by Gasteiger charge is -2.06. The van der Waals surface area contributed by atoms with E-state index in [9.17, 15) is 4.39 Å². The first-order valence-electron chi connectivity index (χ1n) is 5.11. The minimum absolute atomic E-state index is 0.285. The van der Waals surface area contributed by atoms with E-state index >= 15 is 0 Å². The first-order valence-corrected chi connectivity index (χ1v) is 5.11. The number of benzene rings is 1. The van der Waals surface area contributed by atoms with Crippen molar-refractivity contribution in [2.75, 3.05) is 5.73 Å². The monoisotopic (exact) mass is 219 g/mol. The molecule has 0 atom stereocenters. The first-order chi connectivity index (χ1) is 7.56. The second-order valence-electron chi connectivity index (χ2n) is 3.94. The van der Waals surface area contributed by atoms with Crippen molar-refractivity contribution >= 4 is 5.69 Å². The van der Waals surface area contributed by atoms with Crippen LogP contribution in [0.5, 0.6) is 0 Å². The molecule has 2 rings (SSSR count). The molecular formula is C12H14FN3. The van der Waals surface area contributed by atoms with Gasteiger partial charge in [0.2, 0.25) is 0 Å². The normalized spacial score (nSPS) is 10.7. The van der Waals surface area contributed by atoms with Gasteiger partial charge in [-0.3, -0.25) is 4.68 Å². The molecule has 0 fully saturated rings. The Morgan fingerprint density at radius 2 is 2.06 bits per heavy atom. The number of nitrogens with zero attached hydrogens (tertiary/aromatic N) is 2. The number of nitrogens with two attached hydrogens (primary N) is 1. The largest absolute Gasteiger partial charge is 0.399 e. The number of aryl methyl sites for hydroxylation is 2. The third-order valence-corrected chi connectivity index (χ3v) is 2.50. The molecule has 0 radical (unpaired) electrons. The molecule has 0 unspecified atom stereocenters. The number of halogens is 1. The molecule has 0 aliphatic carbocycles. The standard InChI is InChI=1S/C12H14FN3/c1-8-5-9(2)16(15-8)7-10-3-4-11(14)6-12(10)13/h3-6H,7,14H2,1-2H3. The van der Waals surface area contributed by atoms with Crippen LogP contribution in [-0.4, -0.2) is 9.78 Å². The number of hydrogen-bond acceptors (Lipinski definition) is 2. The van der Waals surface area contributed by atoms with E-state index in [4.69, 9.17) is 5.73 Å². The summed E-state index contributed by atoms with van der Waals surface area (Å²) >= 11 is 0. The van der Waals surface area contributed by atoms with Crippen LogP contribution in [0.1, 0.15) is 17.0 Å². The Labute approximate surface area is 93.7 Å². The minimum atomic E-state index is -0.285. The molecule has 0 saturated carbocycles. The van der Waals surface area contributed by atoms with E-state index in [-0.39, 0.29) is 5.82 Å². The van der Waals surface area contributed by atoms with E-state index in [0.717, 1.165) is 11.4 Å². The van der Waals surface area contributed by atoms with Crippen molar-refractivity contribution < 1.29 is 4.39 Å². The van der Waals surface area contributed by atoms with E-state index in [1.54, 1.807) is 16.8 Å². The van der Waals surface area contributed by atoms with Crippen LogP contribution in [0.3, 0.4) is 0 Å². The molecule has 0 aliphatic heterocycles. The van der Waals surface area contributed by atoms with Crippen LogP contribution < -0.4 is 5.73 Å². The van der Waals surface area contributed by atoms with Crippen molar-refractivity contribution in [3.63, 3.8) is 0 Å². The lowest BCUT2D eigenvalue weighted by atomic mass is 10.2. The minimum Gasteiger partial charge on any atom is -0.399 e. The number of aromatic nitrogens is 2. The van der Waals surface area contributed by atoms with Crippen molar-refractivity contribution in [1.82, 2.24) is 9.78 Å². The van der Waals surface area contributed by atoms with Gasteiger partial charge in [-0.1, -0.05) is 6.07 Å². The second-order valence-corrected chi connectivity index (χ2v) is 3.94. The number of hydrogen-bond donors (Lipinski definition) is 1. The quantitative estimate of drug-likeness (QED) is 0.787. The number of nitrogen functional groups attached to an aromatic ring is 1. The Bertz CT molecular complexity index is 517.